The third kappa shape index (κ3) is 3.91. The zero-order valence-electron chi connectivity index (χ0n) is 18.6. The van der Waals surface area contributed by atoms with Crippen LogP contribution < -0.4 is 5.32 Å². The minimum Gasteiger partial charge on any atom is -0.310 e. The van der Waals surface area contributed by atoms with E-state index in [2.05, 4.69) is 34.2 Å². The molecule has 3 aliphatic heterocycles. The third-order valence-electron chi connectivity index (χ3n) is 6.78. The summed E-state index contributed by atoms with van der Waals surface area (Å²) in [7, 11) is 1.68. The normalized spacial score (nSPS) is 28.2. The molecular weight excluding hydrogens is 445 g/mol. The maximum Gasteiger partial charge on any atom is 0.328 e. The molecule has 0 saturated carbocycles. The second kappa shape index (κ2) is 8.68. The monoisotopic (exact) mass is 471 g/mol. The topological polar surface area (TPSA) is 59.1 Å². The van der Waals surface area contributed by atoms with Crippen molar-refractivity contribution in [3.8, 4) is 0 Å². The van der Waals surface area contributed by atoms with Crippen molar-refractivity contribution in [1.82, 2.24) is 24.9 Å². The number of nitrogens with zero attached hydrogens (tertiary/aromatic N) is 4. The quantitative estimate of drug-likeness (QED) is 0.743. The Kier molecular flexibility index (Phi) is 5.86. The number of carbonyl (C=O) groups excluding carboxylic acids is 2. The van der Waals surface area contributed by atoms with Gasteiger partial charge >= 0.3 is 6.03 Å². The Balaban J connectivity index is 1.43. The molecule has 4 unspecified atom stereocenters. The van der Waals surface area contributed by atoms with Crippen LogP contribution in [-0.2, 0) is 17.9 Å². The summed E-state index contributed by atoms with van der Waals surface area (Å²) >= 11 is 6.19. The van der Waals surface area contributed by atoms with Crippen molar-refractivity contribution >= 4 is 23.5 Å². The van der Waals surface area contributed by atoms with E-state index in [9.17, 15) is 14.0 Å². The predicted octanol–water partition coefficient (Wildman–Crippen LogP) is 2.91. The molecule has 2 aromatic carbocycles. The van der Waals surface area contributed by atoms with Gasteiger partial charge in [0, 0.05) is 37.3 Å². The second-order valence-corrected chi connectivity index (χ2v) is 9.57. The highest BCUT2D eigenvalue weighted by Gasteiger charge is 2.56. The number of carbonyl (C=O) groups is 2. The minimum absolute atomic E-state index is 0.146. The molecule has 0 aromatic heterocycles. The van der Waals surface area contributed by atoms with Gasteiger partial charge in [0.25, 0.3) is 5.91 Å². The molecule has 2 aromatic rings. The fraction of sp³-hybridized carbons (Fsp3) is 0.417. The lowest BCUT2D eigenvalue weighted by Gasteiger charge is -2.45. The summed E-state index contributed by atoms with van der Waals surface area (Å²) in [5, 5.41) is 3.71. The summed E-state index contributed by atoms with van der Waals surface area (Å²) in [6.45, 7) is 4.31. The summed E-state index contributed by atoms with van der Waals surface area (Å²) in [5.41, 5.74) is 1.34. The minimum atomic E-state index is -0.552. The first-order valence-corrected chi connectivity index (χ1v) is 11.5. The van der Waals surface area contributed by atoms with E-state index in [0.717, 1.165) is 24.5 Å². The number of rotatable bonds is 4. The summed E-state index contributed by atoms with van der Waals surface area (Å²) in [4.78, 5) is 33.9. The van der Waals surface area contributed by atoms with Crippen molar-refractivity contribution in [1.29, 1.82) is 0 Å². The van der Waals surface area contributed by atoms with Gasteiger partial charge in [-0.05, 0) is 23.6 Å². The number of halogens is 2. The molecule has 7 nitrogen and oxygen atoms in total. The average molecular weight is 472 g/mol. The van der Waals surface area contributed by atoms with Crippen LogP contribution in [-0.4, -0.2) is 70.2 Å². The van der Waals surface area contributed by atoms with E-state index >= 15 is 0 Å². The second-order valence-electron chi connectivity index (χ2n) is 9.17. The molecule has 3 aliphatic rings. The van der Waals surface area contributed by atoms with Crippen molar-refractivity contribution in [3.05, 3.63) is 70.5 Å². The van der Waals surface area contributed by atoms with Crippen LogP contribution in [0.25, 0.3) is 0 Å². The molecule has 3 heterocycles. The van der Waals surface area contributed by atoms with Crippen LogP contribution in [0.1, 0.15) is 18.1 Å². The van der Waals surface area contributed by atoms with Gasteiger partial charge in [0.05, 0.1) is 6.54 Å². The van der Waals surface area contributed by atoms with E-state index in [1.165, 1.54) is 17.7 Å². The standard InChI is InChI=1S/C24H27ClFN5O2/c1-15-11-29(13-16-7-4-3-5-8-16)23-27-21-20(30(23)12-15)22(32)31(24(33)28(21)2)14-17-18(25)9-6-10-19(17)26/h3-10,15,20-21,23,27H,11-14H2,1-2H3. The van der Waals surface area contributed by atoms with Gasteiger partial charge in [-0.3, -0.25) is 24.8 Å². The molecule has 0 aliphatic carbocycles. The number of amides is 3. The van der Waals surface area contributed by atoms with Gasteiger partial charge < -0.3 is 4.90 Å². The first kappa shape index (κ1) is 22.3. The van der Waals surface area contributed by atoms with Crippen LogP contribution >= 0.6 is 11.6 Å². The highest BCUT2D eigenvalue weighted by atomic mass is 35.5. The van der Waals surface area contributed by atoms with Crippen LogP contribution in [0.5, 0.6) is 0 Å². The lowest BCUT2D eigenvalue weighted by atomic mass is 10.0. The van der Waals surface area contributed by atoms with E-state index in [-0.39, 0.29) is 29.3 Å². The van der Waals surface area contributed by atoms with Crippen LogP contribution in [0.3, 0.4) is 0 Å². The zero-order chi connectivity index (χ0) is 23.3. The van der Waals surface area contributed by atoms with E-state index in [1.807, 2.05) is 18.2 Å². The average Bonchev–Trinajstić information content (AvgIpc) is 3.17. The van der Waals surface area contributed by atoms with E-state index in [0.29, 0.717) is 5.92 Å². The summed E-state index contributed by atoms with van der Waals surface area (Å²) in [6.07, 6.45) is -0.626. The molecule has 174 valence electrons. The number of hydrogen-bond donors (Lipinski definition) is 1. The molecule has 0 radical (unpaired) electrons. The van der Waals surface area contributed by atoms with Gasteiger partial charge in [0.1, 0.15) is 24.3 Å². The maximum absolute atomic E-state index is 14.4. The number of likely N-dealkylation sites (N-methyl/N-ethyl adjacent to an activating group) is 1. The van der Waals surface area contributed by atoms with E-state index in [1.54, 1.807) is 18.0 Å². The number of nitrogens with one attached hydrogen (secondary N) is 1. The number of imide groups is 1. The lowest BCUT2D eigenvalue weighted by molar-refractivity contribution is -0.141. The van der Waals surface area contributed by atoms with Crippen molar-refractivity contribution in [2.75, 3.05) is 20.1 Å². The van der Waals surface area contributed by atoms with Crippen LogP contribution in [0, 0.1) is 11.7 Å². The first-order valence-electron chi connectivity index (χ1n) is 11.2. The molecule has 0 spiro atoms. The van der Waals surface area contributed by atoms with Crippen LogP contribution in [0.2, 0.25) is 5.02 Å². The highest BCUT2D eigenvalue weighted by Crippen LogP contribution is 2.34. The Morgan fingerprint density at radius 3 is 2.55 bits per heavy atom. The summed E-state index contributed by atoms with van der Waals surface area (Å²) in [6, 6.07) is 13.5. The van der Waals surface area contributed by atoms with Gasteiger partial charge in [-0.15, -0.1) is 0 Å². The van der Waals surface area contributed by atoms with Crippen molar-refractivity contribution in [2.24, 2.45) is 5.92 Å². The first-order chi connectivity index (χ1) is 15.8. The predicted molar refractivity (Wildman–Crippen MR) is 122 cm³/mol. The molecule has 1 N–H and O–H groups in total. The summed E-state index contributed by atoms with van der Waals surface area (Å²) < 4.78 is 14.4. The SMILES string of the molecule is CC1CN(Cc2ccccc2)C2NC3C(C(=O)N(Cc4c(F)cccc4Cl)C(=O)N3C)N2C1. The molecule has 9 heteroatoms. The molecule has 3 fully saturated rings. The highest BCUT2D eigenvalue weighted by molar-refractivity contribution is 6.31. The maximum atomic E-state index is 14.4. The molecule has 33 heavy (non-hydrogen) atoms. The van der Waals surface area contributed by atoms with Gasteiger partial charge in [0.15, 0.2) is 0 Å². The van der Waals surface area contributed by atoms with E-state index in [4.69, 9.17) is 11.6 Å². The number of urea groups is 1. The van der Waals surface area contributed by atoms with E-state index < -0.39 is 24.1 Å². The number of hydrogen-bond acceptors (Lipinski definition) is 5. The van der Waals surface area contributed by atoms with Crippen LogP contribution in [0.4, 0.5) is 9.18 Å². The molecule has 5 rings (SSSR count). The van der Waals surface area contributed by atoms with Crippen LogP contribution in [0.15, 0.2) is 48.5 Å². The number of fused-ring (bicyclic) bond motifs is 3. The Morgan fingerprint density at radius 2 is 1.82 bits per heavy atom. The van der Waals surface area contributed by atoms with Gasteiger partial charge in [-0.2, -0.15) is 0 Å². The fourth-order valence-electron chi connectivity index (χ4n) is 5.24. The van der Waals surface area contributed by atoms with Crippen molar-refractivity contribution in [2.45, 2.75) is 38.5 Å². The van der Waals surface area contributed by atoms with Gasteiger partial charge in [-0.1, -0.05) is 54.9 Å². The molecule has 3 saturated heterocycles. The Morgan fingerprint density at radius 1 is 1.06 bits per heavy atom. The zero-order valence-corrected chi connectivity index (χ0v) is 19.4. The molecule has 4 atom stereocenters. The molecular formula is C24H27ClFN5O2. The van der Waals surface area contributed by atoms with Gasteiger partial charge in [-0.25, -0.2) is 9.18 Å². The largest absolute Gasteiger partial charge is 0.328 e. The Labute approximate surface area is 197 Å². The Hall–Kier alpha value is -2.52. The van der Waals surface area contributed by atoms with Gasteiger partial charge in [0.2, 0.25) is 0 Å². The van der Waals surface area contributed by atoms with Crippen molar-refractivity contribution < 1.29 is 14.0 Å². The van der Waals surface area contributed by atoms with Crippen molar-refractivity contribution in [3.63, 3.8) is 0 Å². The third-order valence-corrected chi connectivity index (χ3v) is 7.13. The smallest absolute Gasteiger partial charge is 0.310 e. The summed E-state index contributed by atoms with van der Waals surface area (Å²) in [5.74, 6) is -0.516. The number of benzene rings is 2. The molecule has 3 amide bonds. The Bertz CT molecular complexity index is 1050. The molecule has 0 bridgehead atoms. The fourth-order valence-corrected chi connectivity index (χ4v) is 5.46. The lowest BCUT2D eigenvalue weighted by Crippen LogP contribution is -2.66.